The molecule has 1 N–H and O–H groups in total. The van der Waals surface area contributed by atoms with E-state index >= 15 is 4.39 Å². The second kappa shape index (κ2) is 7.33. The van der Waals surface area contributed by atoms with Crippen LogP contribution in [0, 0.1) is 5.82 Å². The predicted molar refractivity (Wildman–Crippen MR) is 111 cm³/mol. The maximum absolute atomic E-state index is 15.2. The van der Waals surface area contributed by atoms with E-state index in [0.29, 0.717) is 17.9 Å². The van der Waals surface area contributed by atoms with Crippen LogP contribution in [0.2, 0.25) is 0 Å². The number of fused-ring (bicyclic) bond motifs is 3. The molecule has 4 aromatic rings. The van der Waals surface area contributed by atoms with Gasteiger partial charge >= 0.3 is 0 Å². The van der Waals surface area contributed by atoms with Crippen LogP contribution in [0.15, 0.2) is 67.0 Å². The van der Waals surface area contributed by atoms with E-state index in [2.05, 4.69) is 39.1 Å². The minimum atomic E-state index is -0.253. The van der Waals surface area contributed by atoms with E-state index in [0.717, 1.165) is 29.7 Å². The van der Waals surface area contributed by atoms with Gasteiger partial charge in [-0.05, 0) is 35.7 Å². The van der Waals surface area contributed by atoms with E-state index < -0.39 is 0 Å². The van der Waals surface area contributed by atoms with Crippen LogP contribution in [0.1, 0.15) is 28.4 Å². The van der Waals surface area contributed by atoms with Crippen molar-refractivity contribution in [1.29, 1.82) is 0 Å². The Morgan fingerprint density at radius 2 is 2.07 bits per heavy atom. The zero-order chi connectivity index (χ0) is 19.8. The van der Waals surface area contributed by atoms with Gasteiger partial charge < -0.3 is 9.72 Å². The Labute approximate surface area is 169 Å². The van der Waals surface area contributed by atoms with E-state index in [1.807, 2.05) is 30.5 Å². The van der Waals surface area contributed by atoms with Gasteiger partial charge in [0, 0.05) is 53.7 Å². The fourth-order valence-corrected chi connectivity index (χ4v) is 4.40. The molecular formula is C24H22FN3O. The smallest absolute Gasteiger partial charge is 0.132 e. The SMILES string of the molecule is COc1ccc(C2c3[nH]c4ccccc4c3CCN2Cc2cccnc2)c(F)c1. The minimum Gasteiger partial charge on any atom is -0.497 e. The zero-order valence-corrected chi connectivity index (χ0v) is 16.2. The average molecular weight is 387 g/mol. The first-order valence-corrected chi connectivity index (χ1v) is 9.80. The number of aromatic nitrogens is 2. The van der Waals surface area contributed by atoms with E-state index in [1.165, 1.54) is 17.0 Å². The Kier molecular flexibility index (Phi) is 4.52. The molecule has 0 amide bonds. The molecule has 3 heterocycles. The molecule has 1 aliphatic heterocycles. The number of nitrogens with one attached hydrogen (secondary N) is 1. The van der Waals surface area contributed by atoms with Crippen molar-refractivity contribution in [2.45, 2.75) is 19.0 Å². The predicted octanol–water partition coefficient (Wildman–Crippen LogP) is 4.86. The lowest BCUT2D eigenvalue weighted by molar-refractivity contribution is 0.198. The molecule has 0 saturated carbocycles. The number of benzene rings is 2. The molecule has 0 radical (unpaired) electrons. The first kappa shape index (κ1) is 17.9. The Bertz CT molecular complexity index is 1160. The number of nitrogens with zero attached hydrogens (tertiary/aromatic N) is 2. The highest BCUT2D eigenvalue weighted by Gasteiger charge is 2.33. The molecule has 0 spiro atoms. The molecule has 0 fully saturated rings. The monoisotopic (exact) mass is 387 g/mol. The largest absolute Gasteiger partial charge is 0.497 e. The lowest BCUT2D eigenvalue weighted by Crippen LogP contribution is -2.36. The quantitative estimate of drug-likeness (QED) is 0.544. The Balaban J connectivity index is 1.64. The molecule has 2 aromatic heterocycles. The molecule has 1 aliphatic rings. The maximum Gasteiger partial charge on any atom is 0.132 e. The molecular weight excluding hydrogens is 365 g/mol. The number of halogens is 1. The highest BCUT2D eigenvalue weighted by atomic mass is 19.1. The van der Waals surface area contributed by atoms with Gasteiger partial charge in [0.1, 0.15) is 11.6 Å². The standard InChI is InChI=1S/C24H22FN3O/c1-29-17-8-9-20(21(25)13-17)24-23-19(18-6-2-3-7-22(18)27-23)10-12-28(24)15-16-5-4-11-26-14-16/h2-9,11,13-14,24,27H,10,12,15H2,1H3. The Morgan fingerprint density at radius 1 is 1.17 bits per heavy atom. The summed E-state index contributed by atoms with van der Waals surface area (Å²) < 4.78 is 20.4. The molecule has 4 nitrogen and oxygen atoms in total. The van der Waals surface area contributed by atoms with Gasteiger partial charge in [-0.15, -0.1) is 0 Å². The van der Waals surface area contributed by atoms with Crippen LogP contribution in [-0.4, -0.2) is 28.5 Å². The summed E-state index contributed by atoms with van der Waals surface area (Å²) in [5.41, 5.74) is 5.22. The van der Waals surface area contributed by atoms with Crippen LogP contribution in [0.3, 0.4) is 0 Å². The lowest BCUT2D eigenvalue weighted by atomic mass is 9.91. The summed E-state index contributed by atoms with van der Waals surface area (Å²) in [5, 5.41) is 1.22. The summed E-state index contributed by atoms with van der Waals surface area (Å²) in [4.78, 5) is 10.1. The van der Waals surface area contributed by atoms with Crippen LogP contribution in [0.5, 0.6) is 5.75 Å². The van der Waals surface area contributed by atoms with Crippen LogP contribution >= 0.6 is 0 Å². The Hall–Kier alpha value is -3.18. The van der Waals surface area contributed by atoms with Gasteiger partial charge in [0.2, 0.25) is 0 Å². The molecule has 0 saturated heterocycles. The maximum atomic E-state index is 15.2. The van der Waals surface area contributed by atoms with Crippen molar-refractivity contribution in [2.75, 3.05) is 13.7 Å². The van der Waals surface area contributed by atoms with Crippen LogP contribution in [0.25, 0.3) is 10.9 Å². The number of hydrogen-bond acceptors (Lipinski definition) is 3. The van der Waals surface area contributed by atoms with Crippen molar-refractivity contribution in [2.24, 2.45) is 0 Å². The second-order valence-electron chi connectivity index (χ2n) is 7.43. The van der Waals surface area contributed by atoms with Gasteiger partial charge in [-0.3, -0.25) is 9.88 Å². The zero-order valence-electron chi connectivity index (χ0n) is 16.2. The number of hydrogen-bond donors (Lipinski definition) is 1. The summed E-state index contributed by atoms with van der Waals surface area (Å²) in [6, 6.07) is 17.3. The Morgan fingerprint density at radius 3 is 2.86 bits per heavy atom. The number of pyridine rings is 1. The average Bonchev–Trinajstić information content (AvgIpc) is 3.13. The summed E-state index contributed by atoms with van der Waals surface area (Å²) in [5.74, 6) is 0.273. The lowest BCUT2D eigenvalue weighted by Gasteiger charge is -2.36. The molecule has 146 valence electrons. The van der Waals surface area contributed by atoms with Crippen molar-refractivity contribution in [3.63, 3.8) is 0 Å². The number of para-hydroxylation sites is 1. The van der Waals surface area contributed by atoms with E-state index in [9.17, 15) is 0 Å². The summed E-state index contributed by atoms with van der Waals surface area (Å²) in [6.07, 6.45) is 4.58. The molecule has 0 bridgehead atoms. The number of methoxy groups -OCH3 is 1. The van der Waals surface area contributed by atoms with E-state index in [-0.39, 0.29) is 11.9 Å². The van der Waals surface area contributed by atoms with Gasteiger partial charge in [0.25, 0.3) is 0 Å². The normalized spacial score (nSPS) is 16.7. The third kappa shape index (κ3) is 3.17. The number of aromatic amines is 1. The highest BCUT2D eigenvalue weighted by molar-refractivity contribution is 5.85. The number of rotatable bonds is 4. The summed E-state index contributed by atoms with van der Waals surface area (Å²) in [6.45, 7) is 1.55. The first-order valence-electron chi connectivity index (χ1n) is 9.80. The fraction of sp³-hybridized carbons (Fsp3) is 0.208. The third-order valence-corrected chi connectivity index (χ3v) is 5.74. The van der Waals surface area contributed by atoms with Crippen molar-refractivity contribution in [1.82, 2.24) is 14.9 Å². The van der Waals surface area contributed by atoms with Crippen LogP contribution < -0.4 is 4.74 Å². The van der Waals surface area contributed by atoms with Gasteiger partial charge in [-0.1, -0.05) is 30.3 Å². The topological polar surface area (TPSA) is 41.1 Å². The molecule has 5 heteroatoms. The van der Waals surface area contributed by atoms with Gasteiger partial charge in [0.05, 0.1) is 13.2 Å². The van der Waals surface area contributed by atoms with Crippen molar-refractivity contribution < 1.29 is 9.13 Å². The highest BCUT2D eigenvalue weighted by Crippen LogP contribution is 2.40. The van der Waals surface area contributed by atoms with Crippen molar-refractivity contribution in [3.8, 4) is 5.75 Å². The summed E-state index contributed by atoms with van der Waals surface area (Å²) >= 11 is 0. The fourth-order valence-electron chi connectivity index (χ4n) is 4.40. The van der Waals surface area contributed by atoms with Crippen LogP contribution in [0.4, 0.5) is 4.39 Å². The molecule has 1 unspecified atom stereocenters. The van der Waals surface area contributed by atoms with Gasteiger partial charge in [-0.2, -0.15) is 0 Å². The molecule has 5 rings (SSSR count). The molecule has 0 aliphatic carbocycles. The molecule has 2 aromatic carbocycles. The second-order valence-corrected chi connectivity index (χ2v) is 7.43. The van der Waals surface area contributed by atoms with Gasteiger partial charge in [0.15, 0.2) is 0 Å². The summed E-state index contributed by atoms with van der Waals surface area (Å²) in [7, 11) is 1.56. The van der Waals surface area contributed by atoms with E-state index in [4.69, 9.17) is 4.74 Å². The van der Waals surface area contributed by atoms with Gasteiger partial charge in [-0.25, -0.2) is 4.39 Å². The number of H-pyrrole nitrogens is 1. The minimum absolute atomic E-state index is 0.197. The van der Waals surface area contributed by atoms with Crippen molar-refractivity contribution in [3.05, 3.63) is 95.2 Å². The molecule has 29 heavy (non-hydrogen) atoms. The van der Waals surface area contributed by atoms with Crippen molar-refractivity contribution >= 4 is 10.9 Å². The van der Waals surface area contributed by atoms with Crippen LogP contribution in [-0.2, 0) is 13.0 Å². The number of ether oxygens (including phenoxy) is 1. The third-order valence-electron chi connectivity index (χ3n) is 5.74. The first-order chi connectivity index (χ1) is 14.2. The molecule has 1 atom stereocenters. The van der Waals surface area contributed by atoms with E-state index in [1.54, 1.807) is 13.3 Å².